The van der Waals surface area contributed by atoms with E-state index in [9.17, 15) is 10.5 Å². The number of nitriles is 2. The minimum atomic E-state index is -0.269. The summed E-state index contributed by atoms with van der Waals surface area (Å²) in [5.74, 6) is 0.0811. The Morgan fingerprint density at radius 3 is 1.62 bits per heavy atom. The van der Waals surface area contributed by atoms with Crippen molar-refractivity contribution in [2.75, 3.05) is 0 Å². The van der Waals surface area contributed by atoms with Gasteiger partial charge in [0.05, 0.1) is 0 Å². The van der Waals surface area contributed by atoms with Gasteiger partial charge in [-0.2, -0.15) is 0 Å². The van der Waals surface area contributed by atoms with Crippen molar-refractivity contribution in [3.8, 4) is 34.4 Å². The Balaban J connectivity index is 2.30. The average molecular weight is 540 g/mol. The molecule has 0 unspecified atom stereocenters. The zero-order valence-corrected chi connectivity index (χ0v) is 19.7. The van der Waals surface area contributed by atoms with Crippen LogP contribution in [0.15, 0.2) is 61.2 Å². The van der Waals surface area contributed by atoms with E-state index in [1.54, 1.807) is 24.8 Å². The van der Waals surface area contributed by atoms with Crippen molar-refractivity contribution in [3.63, 3.8) is 0 Å². The van der Waals surface area contributed by atoms with E-state index in [0.717, 1.165) is 38.6 Å². The first-order valence-corrected chi connectivity index (χ1v) is 12.5. The summed E-state index contributed by atoms with van der Waals surface area (Å²) in [7, 11) is 0. The van der Waals surface area contributed by atoms with Gasteiger partial charge in [-0.15, -0.1) is 0 Å². The van der Waals surface area contributed by atoms with E-state index < -0.39 is 0 Å². The number of pyridine rings is 2. The summed E-state index contributed by atoms with van der Waals surface area (Å²) in [6, 6.07) is 15.5. The Labute approximate surface area is 195 Å². The average Bonchev–Trinajstić information content (AvgIpc) is 3.47. The zero-order valence-electron chi connectivity index (χ0n) is 16.3. The summed E-state index contributed by atoms with van der Waals surface area (Å²) in [4.78, 5) is 15.1. The molecule has 0 aromatic carbocycles. The van der Waals surface area contributed by atoms with Gasteiger partial charge in [-0.25, -0.2) is 0 Å². The third-order valence-electron chi connectivity index (χ3n) is 4.56. The van der Waals surface area contributed by atoms with E-state index in [1.165, 1.54) is 0 Å². The molecule has 4 heterocycles. The first-order valence-electron chi connectivity index (χ1n) is 9.08. The van der Waals surface area contributed by atoms with Crippen LogP contribution in [0.1, 0.15) is 0 Å². The van der Waals surface area contributed by atoms with E-state index in [2.05, 4.69) is 19.7 Å². The molecule has 6 nitrogen and oxygen atoms in total. The maximum atomic E-state index is 9.44. The van der Waals surface area contributed by atoms with Crippen molar-refractivity contribution in [1.82, 2.24) is 9.97 Å². The van der Waals surface area contributed by atoms with Gasteiger partial charge in [0.2, 0.25) is 0 Å². The third-order valence-corrected chi connectivity index (χ3v) is 10.1. The van der Waals surface area contributed by atoms with Crippen molar-refractivity contribution >= 4 is 40.4 Å². The summed E-state index contributed by atoms with van der Waals surface area (Å²) in [6.07, 6.45) is 6.85. The number of aromatic nitrogens is 2. The second kappa shape index (κ2) is 9.43. The molecule has 0 radical (unpaired) electrons. The summed E-state index contributed by atoms with van der Waals surface area (Å²) >= 11 is -0.532. The molecule has 0 aliphatic carbocycles. The molecule has 0 fully saturated rings. The number of hydrogen-bond acceptors (Lipinski definition) is 4. The monoisotopic (exact) mass is 542 g/mol. The van der Waals surface area contributed by atoms with Gasteiger partial charge < -0.3 is 0 Å². The topological polar surface area (TPSA) is 82.1 Å². The van der Waals surface area contributed by atoms with Crippen molar-refractivity contribution < 1.29 is 0 Å². The Hall–Kier alpha value is -4.00. The first kappa shape index (κ1) is 21.2. The van der Waals surface area contributed by atoms with Gasteiger partial charge in [-0.05, 0) is 0 Å². The molecule has 148 valence electrons. The fourth-order valence-electron chi connectivity index (χ4n) is 3.11. The van der Waals surface area contributed by atoms with Gasteiger partial charge in [0, 0.05) is 0 Å². The van der Waals surface area contributed by atoms with Gasteiger partial charge in [0.15, 0.2) is 0 Å². The summed E-state index contributed by atoms with van der Waals surface area (Å²) < 4.78 is 3.60. The number of nitrogens with zero attached hydrogens (tertiary/aromatic N) is 6. The molecule has 4 aromatic rings. The normalized spacial score (nSPS) is 10.9. The van der Waals surface area contributed by atoms with E-state index in [0.29, 0.717) is 0 Å². The van der Waals surface area contributed by atoms with Crippen LogP contribution < -0.4 is 8.19 Å². The molecule has 0 N–H and O–H groups in total. The first-order chi connectivity index (χ1) is 15.7. The molecule has 4 rings (SSSR count). The molecule has 0 amide bonds. The summed E-state index contributed by atoms with van der Waals surface area (Å²) in [6.45, 7) is 14.8. The van der Waals surface area contributed by atoms with Crippen LogP contribution in [0.4, 0.5) is 0 Å². The molecule has 0 aliphatic rings. The molecular weight excluding hydrogens is 530 g/mol. The predicted octanol–water partition coefficient (Wildman–Crippen LogP) is 2.31. The second-order valence-corrected chi connectivity index (χ2v) is 10.7. The molecule has 0 bridgehead atoms. The summed E-state index contributed by atoms with van der Waals surface area (Å²) in [5, 5.41) is 18.9. The number of hydrogen-bond donors (Lipinski definition) is 0. The van der Waals surface area contributed by atoms with E-state index >= 15 is 0 Å². The Kier molecular flexibility index (Phi) is 6.26. The molecule has 4 aromatic heterocycles. The molecule has 8 heteroatoms. The van der Waals surface area contributed by atoms with Crippen LogP contribution in [0, 0.1) is 44.0 Å². The van der Waals surface area contributed by atoms with Crippen molar-refractivity contribution in [2.24, 2.45) is 0 Å². The van der Waals surface area contributed by atoms with Gasteiger partial charge in [-0.3, -0.25) is 0 Å². The van der Waals surface area contributed by atoms with Gasteiger partial charge in [0.1, 0.15) is 0 Å². The van der Waals surface area contributed by atoms with Crippen LogP contribution in [0.25, 0.3) is 43.3 Å². The molecule has 0 atom stereocenters. The van der Waals surface area contributed by atoms with Crippen LogP contribution in [0.2, 0.25) is 0 Å². The van der Waals surface area contributed by atoms with Crippen LogP contribution in [0.5, 0.6) is 0 Å². The molecular formula is C24H10N6Se2. The molecule has 0 saturated heterocycles. The van der Waals surface area contributed by atoms with Crippen LogP contribution in [0.3, 0.4) is 0 Å². The quantitative estimate of drug-likeness (QED) is 0.289. The van der Waals surface area contributed by atoms with Gasteiger partial charge in [-0.1, -0.05) is 0 Å². The van der Waals surface area contributed by atoms with Crippen molar-refractivity contribution in [3.05, 3.63) is 100 Å². The van der Waals surface area contributed by atoms with Gasteiger partial charge in [0.25, 0.3) is 0 Å². The minimum absolute atomic E-state index is 0.0811. The fourth-order valence-corrected chi connectivity index (χ4v) is 8.53. The third kappa shape index (κ3) is 3.97. The van der Waals surface area contributed by atoms with E-state index in [4.69, 9.17) is 13.1 Å². The van der Waals surface area contributed by atoms with Crippen LogP contribution in [-0.4, -0.2) is 39.0 Å². The standard InChI is InChI=1S/C24H10N6Se2/c1-27-24(28-2)21-12-19(16-5-9-30-10-6-16)23(32-21)22-18(15-3-7-29-8-4-15)11-20(31-22)17(13-25)14-26/h3-12H/b23-22+. The van der Waals surface area contributed by atoms with E-state index in [-0.39, 0.29) is 40.4 Å². The molecule has 32 heavy (non-hydrogen) atoms. The zero-order chi connectivity index (χ0) is 22.5. The molecule has 0 saturated carbocycles. The van der Waals surface area contributed by atoms with Crippen LogP contribution in [-0.2, 0) is 0 Å². The Morgan fingerprint density at radius 1 is 0.750 bits per heavy atom. The van der Waals surface area contributed by atoms with Crippen molar-refractivity contribution in [1.29, 1.82) is 10.5 Å². The predicted molar refractivity (Wildman–Crippen MR) is 121 cm³/mol. The second-order valence-electron chi connectivity index (χ2n) is 6.32. The molecule has 0 spiro atoms. The van der Waals surface area contributed by atoms with Crippen molar-refractivity contribution in [2.45, 2.75) is 0 Å². The Bertz CT molecular complexity index is 1540. The fraction of sp³-hybridized carbons (Fsp3) is 0. The SMILES string of the molecule is [C-]#[N+]C([N+]#[C-])=c1cc(-c2ccncc2)/c(=c2\[se]c(=C(C#N)C#N)cc2-c2ccncc2)[se]1. The molecule has 0 aliphatic heterocycles. The Morgan fingerprint density at radius 2 is 1.19 bits per heavy atom. The van der Waals surface area contributed by atoms with Crippen LogP contribution >= 0.6 is 0 Å². The van der Waals surface area contributed by atoms with Gasteiger partial charge >= 0.3 is 196 Å². The maximum absolute atomic E-state index is 9.44. The number of rotatable bonds is 2. The van der Waals surface area contributed by atoms with E-state index in [1.807, 2.05) is 48.5 Å². The summed E-state index contributed by atoms with van der Waals surface area (Å²) in [5.41, 5.74) is 3.94.